The Labute approximate surface area is 106 Å². The number of halogens is 1. The summed E-state index contributed by atoms with van der Waals surface area (Å²) in [5, 5.41) is 3.43. The summed E-state index contributed by atoms with van der Waals surface area (Å²) in [7, 11) is 1.42. The number of methoxy groups -OCH3 is 1. The summed E-state index contributed by atoms with van der Waals surface area (Å²) in [4.78, 5) is 10.9. The highest BCUT2D eigenvalue weighted by molar-refractivity contribution is 9.10. The number of ether oxygens (including phenoxy) is 1. The molecule has 1 rings (SSSR count). The topological polar surface area (TPSA) is 38.3 Å². The second-order valence-corrected chi connectivity index (χ2v) is 6.44. The van der Waals surface area contributed by atoms with Gasteiger partial charge in [-0.1, -0.05) is 29.8 Å². The van der Waals surface area contributed by atoms with E-state index in [2.05, 4.69) is 39.8 Å². The van der Waals surface area contributed by atoms with Gasteiger partial charge < -0.3 is 10.1 Å². The Kier molecular flexibility index (Phi) is 5.25. The van der Waals surface area contributed by atoms with Crippen molar-refractivity contribution >= 4 is 21.9 Å². The minimum Gasteiger partial charge on any atom is -0.468 e. The van der Waals surface area contributed by atoms with Gasteiger partial charge in [-0.05, 0) is 31.1 Å². The van der Waals surface area contributed by atoms with E-state index in [0.29, 0.717) is 18.0 Å². The van der Waals surface area contributed by atoms with Gasteiger partial charge in [0.15, 0.2) is 0 Å². The van der Waals surface area contributed by atoms with E-state index in [9.17, 15) is 4.79 Å². The lowest BCUT2D eigenvalue weighted by Gasteiger charge is -2.34. The lowest BCUT2D eigenvalue weighted by Crippen LogP contribution is -2.40. The number of esters is 1. The molecule has 16 heavy (non-hydrogen) atoms. The molecule has 1 fully saturated rings. The summed E-state index contributed by atoms with van der Waals surface area (Å²) in [6, 6.07) is 0.553. The van der Waals surface area contributed by atoms with Crippen LogP contribution in [0.5, 0.6) is 0 Å². The molecule has 94 valence electrons. The average Bonchev–Trinajstić information content (AvgIpc) is 2.26. The van der Waals surface area contributed by atoms with E-state index >= 15 is 0 Å². The van der Waals surface area contributed by atoms with Crippen molar-refractivity contribution in [2.75, 3.05) is 13.7 Å². The van der Waals surface area contributed by atoms with Gasteiger partial charge in [0.25, 0.3) is 0 Å². The maximum atomic E-state index is 11.2. The van der Waals surface area contributed by atoms with Crippen LogP contribution in [-0.2, 0) is 9.53 Å². The molecule has 0 saturated heterocycles. The minimum atomic E-state index is -0.229. The van der Waals surface area contributed by atoms with Gasteiger partial charge in [0.1, 0.15) is 4.83 Å². The number of nitrogens with one attached hydrogen (secondary N) is 1. The predicted molar refractivity (Wildman–Crippen MR) is 68.8 cm³/mol. The van der Waals surface area contributed by atoms with Crippen LogP contribution < -0.4 is 5.32 Å². The van der Waals surface area contributed by atoms with Gasteiger partial charge in [0.05, 0.1) is 7.11 Å². The fourth-order valence-corrected chi connectivity index (χ4v) is 2.46. The van der Waals surface area contributed by atoms with Gasteiger partial charge in [-0.25, -0.2) is 0 Å². The van der Waals surface area contributed by atoms with Crippen LogP contribution in [0.15, 0.2) is 0 Å². The summed E-state index contributed by atoms with van der Waals surface area (Å²) in [6.45, 7) is 5.30. The largest absolute Gasteiger partial charge is 0.468 e. The van der Waals surface area contributed by atoms with Gasteiger partial charge in [0.2, 0.25) is 0 Å². The summed E-state index contributed by atoms with van der Waals surface area (Å²) >= 11 is 3.32. The van der Waals surface area contributed by atoms with Crippen molar-refractivity contribution in [3.8, 4) is 0 Å². The van der Waals surface area contributed by atoms with Crippen molar-refractivity contribution in [1.29, 1.82) is 0 Å². The molecule has 0 amide bonds. The highest BCUT2D eigenvalue weighted by Crippen LogP contribution is 2.34. The molecule has 1 N–H and O–H groups in total. The smallest absolute Gasteiger partial charge is 0.320 e. The lowest BCUT2D eigenvalue weighted by atomic mass is 9.75. The first kappa shape index (κ1) is 14.0. The van der Waals surface area contributed by atoms with Crippen molar-refractivity contribution in [3.63, 3.8) is 0 Å². The standard InChI is InChI=1S/C12H22BrNO2/c1-12(2)6-4-9(5-7-12)14-8-10(13)11(15)16-3/h9-10,14H,4-8H2,1-3H3. The third kappa shape index (κ3) is 4.42. The molecule has 1 aliphatic rings. The Balaban J connectivity index is 2.22. The molecular weight excluding hydrogens is 270 g/mol. The van der Waals surface area contributed by atoms with E-state index in [4.69, 9.17) is 0 Å². The number of hydrogen-bond acceptors (Lipinski definition) is 3. The summed E-state index contributed by atoms with van der Waals surface area (Å²) in [6.07, 6.45) is 4.92. The molecular formula is C12H22BrNO2. The van der Waals surface area contributed by atoms with Crippen molar-refractivity contribution in [2.45, 2.75) is 50.4 Å². The third-order valence-electron chi connectivity index (χ3n) is 3.38. The molecule has 0 radical (unpaired) electrons. The molecule has 1 aliphatic carbocycles. The Morgan fingerprint density at radius 2 is 2.06 bits per heavy atom. The molecule has 0 aromatic heterocycles. The maximum Gasteiger partial charge on any atom is 0.320 e. The molecule has 1 atom stereocenters. The summed E-state index contributed by atoms with van der Waals surface area (Å²) in [5.41, 5.74) is 0.494. The van der Waals surface area contributed by atoms with E-state index in [1.807, 2.05) is 0 Å². The van der Waals surface area contributed by atoms with Crippen molar-refractivity contribution < 1.29 is 9.53 Å². The van der Waals surface area contributed by atoms with E-state index < -0.39 is 0 Å². The Morgan fingerprint density at radius 3 is 2.56 bits per heavy atom. The molecule has 3 nitrogen and oxygen atoms in total. The van der Waals surface area contributed by atoms with Crippen molar-refractivity contribution in [2.24, 2.45) is 5.41 Å². The van der Waals surface area contributed by atoms with Gasteiger partial charge in [-0.15, -0.1) is 0 Å². The molecule has 0 aromatic carbocycles. The molecule has 0 aliphatic heterocycles. The molecule has 0 heterocycles. The maximum absolute atomic E-state index is 11.2. The number of alkyl halides is 1. The molecule has 0 aromatic rings. The van der Waals surface area contributed by atoms with E-state index in [1.165, 1.54) is 32.8 Å². The van der Waals surface area contributed by atoms with E-state index in [1.54, 1.807) is 0 Å². The summed E-state index contributed by atoms with van der Waals surface area (Å²) < 4.78 is 4.66. The monoisotopic (exact) mass is 291 g/mol. The highest BCUT2D eigenvalue weighted by atomic mass is 79.9. The molecule has 1 unspecified atom stereocenters. The number of hydrogen-bond donors (Lipinski definition) is 1. The quantitative estimate of drug-likeness (QED) is 0.639. The fraction of sp³-hybridized carbons (Fsp3) is 0.917. The average molecular weight is 292 g/mol. The minimum absolute atomic E-state index is 0.205. The van der Waals surface area contributed by atoms with Crippen molar-refractivity contribution in [3.05, 3.63) is 0 Å². The van der Waals surface area contributed by atoms with Gasteiger partial charge >= 0.3 is 5.97 Å². The predicted octanol–water partition coefficient (Wildman–Crippen LogP) is 2.48. The Morgan fingerprint density at radius 1 is 1.50 bits per heavy atom. The first-order chi connectivity index (χ1) is 7.44. The van der Waals surface area contributed by atoms with Crippen LogP contribution in [0.4, 0.5) is 0 Å². The molecule has 4 heteroatoms. The van der Waals surface area contributed by atoms with Gasteiger partial charge in [-0.2, -0.15) is 0 Å². The summed E-state index contributed by atoms with van der Waals surface area (Å²) in [5.74, 6) is -0.205. The highest BCUT2D eigenvalue weighted by Gasteiger charge is 2.27. The van der Waals surface area contributed by atoms with Crippen molar-refractivity contribution in [1.82, 2.24) is 5.32 Å². The van der Waals surface area contributed by atoms with Crippen LogP contribution in [0.2, 0.25) is 0 Å². The SMILES string of the molecule is COC(=O)C(Br)CNC1CCC(C)(C)CC1. The van der Waals surface area contributed by atoms with Crippen LogP contribution in [0.3, 0.4) is 0 Å². The van der Waals surface area contributed by atoms with Crippen LogP contribution in [0, 0.1) is 5.41 Å². The third-order valence-corrected chi connectivity index (χ3v) is 4.08. The normalized spacial score (nSPS) is 22.8. The first-order valence-corrected chi connectivity index (χ1v) is 6.81. The van der Waals surface area contributed by atoms with Gasteiger partial charge in [-0.3, -0.25) is 4.79 Å². The molecule has 0 spiro atoms. The Hall–Kier alpha value is -0.0900. The number of carbonyl (C=O) groups excluding carboxylic acids is 1. The molecule has 1 saturated carbocycles. The van der Waals surface area contributed by atoms with Crippen LogP contribution in [-0.4, -0.2) is 30.5 Å². The van der Waals surface area contributed by atoms with Gasteiger partial charge in [0, 0.05) is 12.6 Å². The zero-order valence-corrected chi connectivity index (χ0v) is 12.0. The van der Waals surface area contributed by atoms with Crippen LogP contribution in [0.1, 0.15) is 39.5 Å². The zero-order valence-electron chi connectivity index (χ0n) is 10.4. The Bertz CT molecular complexity index is 233. The van der Waals surface area contributed by atoms with E-state index in [0.717, 1.165) is 0 Å². The molecule has 0 bridgehead atoms. The lowest BCUT2D eigenvalue weighted by molar-refractivity contribution is -0.139. The zero-order chi connectivity index (χ0) is 12.2. The van der Waals surface area contributed by atoms with E-state index in [-0.39, 0.29) is 10.8 Å². The number of rotatable bonds is 4. The number of carbonyl (C=O) groups is 1. The fourth-order valence-electron chi connectivity index (χ4n) is 2.08. The first-order valence-electron chi connectivity index (χ1n) is 5.90. The second-order valence-electron chi connectivity index (χ2n) is 5.34. The van der Waals surface area contributed by atoms with Crippen LogP contribution in [0.25, 0.3) is 0 Å². The van der Waals surface area contributed by atoms with Crippen LogP contribution >= 0.6 is 15.9 Å². The second kappa shape index (κ2) is 6.01.